The van der Waals surface area contributed by atoms with Crippen molar-refractivity contribution in [1.29, 1.82) is 0 Å². The minimum absolute atomic E-state index is 0.0666. The van der Waals surface area contributed by atoms with Gasteiger partial charge in [-0.05, 0) is 30.4 Å². The van der Waals surface area contributed by atoms with Crippen molar-refractivity contribution in [3.63, 3.8) is 0 Å². The molecule has 3 nitrogen and oxygen atoms in total. The first-order chi connectivity index (χ1) is 9.20. The molecule has 3 unspecified atom stereocenters. The van der Waals surface area contributed by atoms with Crippen molar-refractivity contribution in [2.45, 2.75) is 30.9 Å². The molecule has 3 rings (SSSR count). The second-order valence-electron chi connectivity index (χ2n) is 5.63. The maximum atomic E-state index is 6.50. The van der Waals surface area contributed by atoms with Gasteiger partial charge in [-0.25, -0.2) is 0 Å². The van der Waals surface area contributed by atoms with Crippen LogP contribution in [-0.4, -0.2) is 25.4 Å². The molecule has 1 spiro atoms. The van der Waals surface area contributed by atoms with E-state index in [1.54, 1.807) is 0 Å². The quantitative estimate of drug-likeness (QED) is 0.908. The molecule has 4 heteroatoms. The summed E-state index contributed by atoms with van der Waals surface area (Å²) in [7, 11) is 0. The van der Waals surface area contributed by atoms with Gasteiger partial charge in [-0.3, -0.25) is 0 Å². The summed E-state index contributed by atoms with van der Waals surface area (Å²) >= 11 is 3.60. The smallest absolute Gasteiger partial charge is 0.0940 e. The molecule has 0 bridgehead atoms. The van der Waals surface area contributed by atoms with Gasteiger partial charge in [0.25, 0.3) is 0 Å². The van der Waals surface area contributed by atoms with Crippen LogP contribution in [0.4, 0.5) is 0 Å². The first-order valence-electron chi connectivity index (χ1n) is 6.92. The third kappa shape index (κ3) is 2.72. The van der Waals surface area contributed by atoms with E-state index < -0.39 is 0 Å². The Kier molecular flexibility index (Phi) is 3.94. The second-order valence-corrected chi connectivity index (χ2v) is 6.49. The van der Waals surface area contributed by atoms with Crippen molar-refractivity contribution in [2.24, 2.45) is 11.7 Å². The molecule has 2 saturated heterocycles. The van der Waals surface area contributed by atoms with Gasteiger partial charge >= 0.3 is 0 Å². The van der Waals surface area contributed by atoms with Crippen molar-refractivity contribution in [3.8, 4) is 0 Å². The van der Waals surface area contributed by atoms with E-state index in [-0.39, 0.29) is 11.6 Å². The van der Waals surface area contributed by atoms with Crippen LogP contribution in [0, 0.1) is 5.92 Å². The highest BCUT2D eigenvalue weighted by atomic mass is 79.9. The molecule has 1 aromatic rings. The summed E-state index contributed by atoms with van der Waals surface area (Å²) in [5.41, 5.74) is 7.63. The molecule has 0 aliphatic carbocycles. The third-order valence-corrected chi connectivity index (χ3v) is 5.09. The van der Waals surface area contributed by atoms with E-state index in [4.69, 9.17) is 15.2 Å². The molecular formula is C15H20BrNO2. The van der Waals surface area contributed by atoms with Crippen molar-refractivity contribution >= 4 is 15.9 Å². The monoisotopic (exact) mass is 325 g/mol. The highest BCUT2D eigenvalue weighted by Gasteiger charge is 2.42. The lowest BCUT2D eigenvalue weighted by Crippen LogP contribution is -2.43. The lowest BCUT2D eigenvalue weighted by molar-refractivity contribution is -0.101. The zero-order valence-electron chi connectivity index (χ0n) is 11.0. The first-order valence-corrected chi connectivity index (χ1v) is 7.71. The fraction of sp³-hybridized carbons (Fsp3) is 0.600. The van der Waals surface area contributed by atoms with Crippen LogP contribution in [0.1, 0.15) is 30.9 Å². The normalized spacial score (nSPS) is 32.6. The Morgan fingerprint density at radius 3 is 2.89 bits per heavy atom. The summed E-state index contributed by atoms with van der Waals surface area (Å²) in [6.45, 7) is 2.34. The van der Waals surface area contributed by atoms with Crippen LogP contribution in [0.15, 0.2) is 28.7 Å². The van der Waals surface area contributed by atoms with Crippen LogP contribution >= 0.6 is 15.9 Å². The molecule has 0 radical (unpaired) electrons. The standard InChI is InChI=1S/C15H20BrNO2/c16-13-4-2-1-3-12(13)14(17)11-5-7-19-15(9-11)6-8-18-10-15/h1-4,11,14H,5-10,17H2. The van der Waals surface area contributed by atoms with Crippen LogP contribution in [0.3, 0.4) is 0 Å². The minimum Gasteiger partial charge on any atom is -0.378 e. The Morgan fingerprint density at radius 2 is 2.16 bits per heavy atom. The van der Waals surface area contributed by atoms with E-state index in [1.165, 1.54) is 5.56 Å². The highest BCUT2D eigenvalue weighted by molar-refractivity contribution is 9.10. The number of rotatable bonds is 2. The fourth-order valence-corrected chi connectivity index (χ4v) is 3.78. The largest absolute Gasteiger partial charge is 0.378 e. The molecule has 2 N–H and O–H groups in total. The van der Waals surface area contributed by atoms with Crippen LogP contribution in [0.25, 0.3) is 0 Å². The third-order valence-electron chi connectivity index (χ3n) is 4.37. The molecule has 2 aliphatic rings. The number of halogens is 1. The van der Waals surface area contributed by atoms with Crippen LogP contribution in [0.2, 0.25) is 0 Å². The maximum absolute atomic E-state index is 6.50. The number of hydrogen-bond donors (Lipinski definition) is 1. The van der Waals surface area contributed by atoms with E-state index in [0.29, 0.717) is 5.92 Å². The van der Waals surface area contributed by atoms with Gasteiger partial charge in [0.15, 0.2) is 0 Å². The summed E-state index contributed by atoms with van der Waals surface area (Å²) in [4.78, 5) is 0. The number of ether oxygens (including phenoxy) is 2. The van der Waals surface area contributed by atoms with Gasteiger partial charge < -0.3 is 15.2 Å². The van der Waals surface area contributed by atoms with Crippen LogP contribution in [-0.2, 0) is 9.47 Å². The summed E-state index contributed by atoms with van der Waals surface area (Å²) in [6.07, 6.45) is 3.05. The Labute approximate surface area is 122 Å². The molecule has 3 atom stereocenters. The number of benzene rings is 1. The van der Waals surface area contributed by atoms with Gasteiger partial charge in [0.2, 0.25) is 0 Å². The Morgan fingerprint density at radius 1 is 1.32 bits per heavy atom. The van der Waals surface area contributed by atoms with Gasteiger partial charge in [0.1, 0.15) is 0 Å². The van der Waals surface area contributed by atoms with Gasteiger partial charge in [-0.1, -0.05) is 34.1 Å². The molecule has 2 heterocycles. The van der Waals surface area contributed by atoms with Crippen molar-refractivity contribution in [2.75, 3.05) is 19.8 Å². The zero-order valence-corrected chi connectivity index (χ0v) is 12.6. The van der Waals surface area contributed by atoms with Crippen LogP contribution < -0.4 is 5.73 Å². The summed E-state index contributed by atoms with van der Waals surface area (Å²) in [5.74, 6) is 0.467. The Balaban J connectivity index is 1.76. The van der Waals surface area contributed by atoms with Gasteiger partial charge in [0, 0.05) is 30.1 Å². The summed E-state index contributed by atoms with van der Waals surface area (Å²) in [6, 6.07) is 8.31. The molecule has 19 heavy (non-hydrogen) atoms. The first kappa shape index (κ1) is 13.6. The van der Waals surface area contributed by atoms with Gasteiger partial charge in [0.05, 0.1) is 12.2 Å². The van der Waals surface area contributed by atoms with Crippen molar-refractivity contribution in [1.82, 2.24) is 0 Å². The van der Waals surface area contributed by atoms with E-state index in [0.717, 1.165) is 43.6 Å². The summed E-state index contributed by atoms with van der Waals surface area (Å²) in [5, 5.41) is 0. The number of nitrogens with two attached hydrogens (primary N) is 1. The SMILES string of the molecule is NC(c1ccccc1Br)C1CCOC2(CCOC2)C1. The maximum Gasteiger partial charge on any atom is 0.0940 e. The van der Waals surface area contributed by atoms with E-state index in [2.05, 4.69) is 28.1 Å². The Bertz CT molecular complexity index is 446. The Hall–Kier alpha value is -0.420. The minimum atomic E-state index is -0.0677. The van der Waals surface area contributed by atoms with E-state index in [9.17, 15) is 0 Å². The predicted octanol–water partition coefficient (Wildman–Crippen LogP) is 3.03. The van der Waals surface area contributed by atoms with E-state index >= 15 is 0 Å². The van der Waals surface area contributed by atoms with Gasteiger partial charge in [-0.15, -0.1) is 0 Å². The molecule has 2 aliphatic heterocycles. The highest BCUT2D eigenvalue weighted by Crippen LogP contribution is 2.41. The predicted molar refractivity (Wildman–Crippen MR) is 77.9 cm³/mol. The average molecular weight is 326 g/mol. The molecule has 0 amide bonds. The molecule has 104 valence electrons. The van der Waals surface area contributed by atoms with Gasteiger partial charge in [-0.2, -0.15) is 0 Å². The average Bonchev–Trinajstić information content (AvgIpc) is 2.86. The van der Waals surface area contributed by atoms with Crippen molar-refractivity contribution in [3.05, 3.63) is 34.3 Å². The lowest BCUT2D eigenvalue weighted by Gasteiger charge is -2.39. The second kappa shape index (κ2) is 5.52. The molecule has 2 fully saturated rings. The molecular weight excluding hydrogens is 306 g/mol. The van der Waals surface area contributed by atoms with Crippen LogP contribution in [0.5, 0.6) is 0 Å². The fourth-order valence-electron chi connectivity index (χ4n) is 3.23. The molecule has 0 saturated carbocycles. The lowest BCUT2D eigenvalue weighted by atomic mass is 9.79. The molecule has 1 aromatic carbocycles. The zero-order chi connectivity index (χ0) is 13.3. The topological polar surface area (TPSA) is 44.5 Å². The molecule has 0 aromatic heterocycles. The number of hydrogen-bond acceptors (Lipinski definition) is 3. The van der Waals surface area contributed by atoms with Crippen molar-refractivity contribution < 1.29 is 9.47 Å². The van der Waals surface area contributed by atoms with E-state index in [1.807, 2.05) is 12.1 Å². The summed E-state index contributed by atoms with van der Waals surface area (Å²) < 4.78 is 12.6.